The van der Waals surface area contributed by atoms with Crippen LogP contribution in [0.5, 0.6) is 0 Å². The van der Waals surface area contributed by atoms with E-state index in [-0.39, 0.29) is 0 Å². The number of hydrogen-bond acceptors (Lipinski definition) is 3. The topological polar surface area (TPSA) is 38.5 Å². The number of hydrogen-bond donors (Lipinski definition) is 1. The third-order valence-electron chi connectivity index (χ3n) is 1.98. The lowest BCUT2D eigenvalue weighted by Crippen LogP contribution is -2.34. The van der Waals surface area contributed by atoms with E-state index in [4.69, 9.17) is 10.5 Å². The van der Waals surface area contributed by atoms with Crippen molar-refractivity contribution in [1.82, 2.24) is 4.90 Å². The van der Waals surface area contributed by atoms with Crippen molar-refractivity contribution in [2.75, 3.05) is 32.8 Å². The van der Waals surface area contributed by atoms with E-state index in [9.17, 15) is 0 Å². The smallest absolute Gasteiger partial charge is 0.0673 e. The third kappa shape index (κ3) is 3.18. The van der Waals surface area contributed by atoms with Gasteiger partial charge >= 0.3 is 0 Å². The van der Waals surface area contributed by atoms with E-state index in [1.54, 1.807) is 0 Å². The Morgan fingerprint density at radius 1 is 1.64 bits per heavy atom. The molecule has 1 aliphatic rings. The first kappa shape index (κ1) is 8.97. The molecule has 0 aromatic heterocycles. The molecule has 0 bridgehead atoms. The maximum absolute atomic E-state index is 5.50. The fraction of sp³-hybridized carbons (Fsp3) is 1.00. The number of ether oxygens (including phenoxy) is 1. The zero-order valence-electron chi connectivity index (χ0n) is 7.25. The van der Waals surface area contributed by atoms with Crippen molar-refractivity contribution in [1.29, 1.82) is 0 Å². The van der Waals surface area contributed by atoms with Gasteiger partial charge in [0.15, 0.2) is 0 Å². The molecule has 1 heterocycles. The summed E-state index contributed by atoms with van der Waals surface area (Å²) < 4.78 is 5.50. The van der Waals surface area contributed by atoms with Gasteiger partial charge in [-0.3, -0.25) is 4.90 Å². The van der Waals surface area contributed by atoms with E-state index in [1.165, 1.54) is 0 Å². The summed E-state index contributed by atoms with van der Waals surface area (Å²) in [6, 6.07) is 0. The number of nitrogens with two attached hydrogens (primary N) is 1. The first-order valence-electron chi connectivity index (χ1n) is 4.37. The molecule has 0 spiro atoms. The van der Waals surface area contributed by atoms with E-state index >= 15 is 0 Å². The van der Waals surface area contributed by atoms with Crippen molar-refractivity contribution < 1.29 is 4.74 Å². The van der Waals surface area contributed by atoms with Crippen LogP contribution in [0.15, 0.2) is 0 Å². The van der Waals surface area contributed by atoms with Crippen LogP contribution in [-0.2, 0) is 4.74 Å². The van der Waals surface area contributed by atoms with Crippen molar-refractivity contribution in [2.24, 2.45) is 5.73 Å². The minimum Gasteiger partial charge on any atom is -0.377 e. The van der Waals surface area contributed by atoms with Gasteiger partial charge in [0, 0.05) is 32.8 Å². The highest BCUT2D eigenvalue weighted by atomic mass is 16.5. The zero-order valence-corrected chi connectivity index (χ0v) is 7.25. The minimum atomic E-state index is 0.379. The van der Waals surface area contributed by atoms with Crippen molar-refractivity contribution in [2.45, 2.75) is 19.4 Å². The Morgan fingerprint density at radius 3 is 3.18 bits per heavy atom. The van der Waals surface area contributed by atoms with E-state index < -0.39 is 0 Å². The molecule has 0 saturated carbocycles. The summed E-state index contributed by atoms with van der Waals surface area (Å²) in [7, 11) is 0. The third-order valence-corrected chi connectivity index (χ3v) is 1.98. The average molecular weight is 158 g/mol. The highest BCUT2D eigenvalue weighted by Gasteiger charge is 2.13. The lowest BCUT2D eigenvalue weighted by molar-refractivity contribution is 0.0682. The molecule has 1 rings (SSSR count). The van der Waals surface area contributed by atoms with Crippen LogP contribution in [0.2, 0.25) is 0 Å². The highest BCUT2D eigenvalue weighted by Crippen LogP contribution is 2.03. The molecule has 66 valence electrons. The van der Waals surface area contributed by atoms with Crippen LogP contribution in [-0.4, -0.2) is 43.8 Å². The van der Waals surface area contributed by atoms with Gasteiger partial charge in [0.05, 0.1) is 6.10 Å². The molecule has 1 atom stereocenters. The van der Waals surface area contributed by atoms with Gasteiger partial charge in [-0.05, 0) is 13.3 Å². The molecule has 0 aliphatic carbocycles. The fourth-order valence-electron chi connectivity index (χ4n) is 1.47. The summed E-state index contributed by atoms with van der Waals surface area (Å²) in [5.74, 6) is 0. The standard InChI is InChI=1S/C8H18N2O/c1-8-7-10(5-3-9)4-2-6-11-8/h8H,2-7,9H2,1H3. The summed E-state index contributed by atoms with van der Waals surface area (Å²) in [4.78, 5) is 2.37. The summed E-state index contributed by atoms with van der Waals surface area (Å²) >= 11 is 0. The lowest BCUT2D eigenvalue weighted by Gasteiger charge is -2.20. The van der Waals surface area contributed by atoms with E-state index in [0.29, 0.717) is 6.10 Å². The first-order chi connectivity index (χ1) is 5.33. The van der Waals surface area contributed by atoms with E-state index in [1.807, 2.05) is 0 Å². The van der Waals surface area contributed by atoms with Crippen molar-refractivity contribution >= 4 is 0 Å². The van der Waals surface area contributed by atoms with Crippen molar-refractivity contribution in [3.63, 3.8) is 0 Å². The van der Waals surface area contributed by atoms with Crippen LogP contribution in [0.25, 0.3) is 0 Å². The molecule has 3 nitrogen and oxygen atoms in total. The molecular formula is C8H18N2O. The molecule has 0 radical (unpaired) electrons. The van der Waals surface area contributed by atoms with E-state index in [2.05, 4.69) is 11.8 Å². The van der Waals surface area contributed by atoms with Gasteiger partial charge in [-0.2, -0.15) is 0 Å². The molecule has 2 N–H and O–H groups in total. The SMILES string of the molecule is CC1CN(CCN)CCCO1. The Morgan fingerprint density at radius 2 is 2.45 bits per heavy atom. The summed E-state index contributed by atoms with van der Waals surface area (Å²) in [6.45, 7) is 6.97. The molecule has 0 amide bonds. The van der Waals surface area contributed by atoms with Crippen LogP contribution >= 0.6 is 0 Å². The molecule has 3 heteroatoms. The second kappa shape index (κ2) is 4.70. The maximum Gasteiger partial charge on any atom is 0.0673 e. The Balaban J connectivity index is 2.27. The van der Waals surface area contributed by atoms with Crippen LogP contribution in [0.4, 0.5) is 0 Å². The molecular weight excluding hydrogens is 140 g/mol. The maximum atomic E-state index is 5.50. The molecule has 1 unspecified atom stereocenters. The summed E-state index contributed by atoms with van der Waals surface area (Å²) in [5, 5.41) is 0. The number of rotatable bonds is 2. The normalized spacial score (nSPS) is 28.4. The van der Waals surface area contributed by atoms with Crippen LogP contribution in [0.1, 0.15) is 13.3 Å². The summed E-state index contributed by atoms with van der Waals surface area (Å²) in [5.41, 5.74) is 5.47. The number of nitrogens with zero attached hydrogens (tertiary/aromatic N) is 1. The van der Waals surface area contributed by atoms with E-state index in [0.717, 1.165) is 39.2 Å². The lowest BCUT2D eigenvalue weighted by atomic mass is 10.3. The molecule has 0 aromatic carbocycles. The predicted molar refractivity (Wildman–Crippen MR) is 45.5 cm³/mol. The highest BCUT2D eigenvalue weighted by molar-refractivity contribution is 4.66. The van der Waals surface area contributed by atoms with Crippen LogP contribution < -0.4 is 5.73 Å². The zero-order chi connectivity index (χ0) is 8.10. The Labute approximate surface area is 68.5 Å². The molecule has 1 fully saturated rings. The van der Waals surface area contributed by atoms with Gasteiger partial charge in [0.1, 0.15) is 0 Å². The Bertz CT molecular complexity index is 108. The summed E-state index contributed by atoms with van der Waals surface area (Å²) in [6.07, 6.45) is 1.52. The second-order valence-electron chi connectivity index (χ2n) is 3.12. The van der Waals surface area contributed by atoms with Gasteiger partial charge in [-0.1, -0.05) is 0 Å². The molecule has 11 heavy (non-hydrogen) atoms. The monoisotopic (exact) mass is 158 g/mol. The van der Waals surface area contributed by atoms with Gasteiger partial charge in [0.25, 0.3) is 0 Å². The first-order valence-corrected chi connectivity index (χ1v) is 4.37. The van der Waals surface area contributed by atoms with Crippen LogP contribution in [0.3, 0.4) is 0 Å². The average Bonchev–Trinajstić information content (AvgIpc) is 2.15. The molecule has 1 saturated heterocycles. The van der Waals surface area contributed by atoms with Crippen molar-refractivity contribution in [3.05, 3.63) is 0 Å². The minimum absolute atomic E-state index is 0.379. The van der Waals surface area contributed by atoms with Gasteiger partial charge < -0.3 is 10.5 Å². The van der Waals surface area contributed by atoms with Crippen LogP contribution in [0, 0.1) is 0 Å². The Kier molecular flexibility index (Phi) is 3.83. The van der Waals surface area contributed by atoms with Crippen molar-refractivity contribution in [3.8, 4) is 0 Å². The van der Waals surface area contributed by atoms with Gasteiger partial charge in [-0.15, -0.1) is 0 Å². The quantitative estimate of drug-likeness (QED) is 0.617. The Hall–Kier alpha value is -0.120. The molecule has 1 aliphatic heterocycles. The second-order valence-corrected chi connectivity index (χ2v) is 3.12. The molecule has 0 aromatic rings. The fourth-order valence-corrected chi connectivity index (χ4v) is 1.47. The van der Waals surface area contributed by atoms with Gasteiger partial charge in [0.2, 0.25) is 0 Å². The predicted octanol–water partition coefficient (Wildman–Crippen LogP) is 0.0559. The van der Waals surface area contributed by atoms with Gasteiger partial charge in [-0.25, -0.2) is 0 Å². The largest absolute Gasteiger partial charge is 0.377 e.